The lowest BCUT2D eigenvalue weighted by Crippen LogP contribution is -2.27. The van der Waals surface area contributed by atoms with Crippen LogP contribution in [-0.4, -0.2) is 6.04 Å². The molecule has 1 nitrogen and oxygen atoms in total. The fourth-order valence-electron chi connectivity index (χ4n) is 2.69. The van der Waals surface area contributed by atoms with Gasteiger partial charge >= 0.3 is 0 Å². The Hall–Kier alpha value is -0.820. The van der Waals surface area contributed by atoms with Gasteiger partial charge < -0.3 is 5.73 Å². The smallest absolute Gasteiger partial charge is 0.0105 e. The first-order valence-corrected chi connectivity index (χ1v) is 6.16. The molecule has 2 rings (SSSR count). The minimum absolute atomic E-state index is 0.337. The molecular formula is C14H21N. The molecular weight excluding hydrogens is 182 g/mol. The quantitative estimate of drug-likeness (QED) is 0.734. The minimum Gasteiger partial charge on any atom is -0.327 e. The molecule has 2 atom stereocenters. The van der Waals surface area contributed by atoms with Crippen LogP contribution in [0, 0.1) is 0 Å². The number of hydrogen-bond acceptors (Lipinski definition) is 1. The highest BCUT2D eigenvalue weighted by molar-refractivity contribution is 5.32. The molecule has 2 unspecified atom stereocenters. The lowest BCUT2D eigenvalue weighted by Gasteiger charge is -2.23. The zero-order valence-corrected chi connectivity index (χ0v) is 9.58. The molecule has 0 saturated carbocycles. The molecule has 0 heterocycles. The maximum atomic E-state index is 6.23. The molecule has 0 aromatic heterocycles. The summed E-state index contributed by atoms with van der Waals surface area (Å²) in [6.07, 6.45) is 6.24. The van der Waals surface area contributed by atoms with Crippen LogP contribution in [0.15, 0.2) is 24.3 Å². The average Bonchev–Trinajstić information content (AvgIpc) is 2.50. The van der Waals surface area contributed by atoms with E-state index in [1.165, 1.54) is 36.8 Å². The lowest BCUT2D eigenvalue weighted by molar-refractivity contribution is 0.480. The van der Waals surface area contributed by atoms with Gasteiger partial charge in [-0.1, -0.05) is 37.6 Å². The van der Waals surface area contributed by atoms with Crippen LogP contribution in [0.5, 0.6) is 0 Å². The van der Waals surface area contributed by atoms with Crippen LogP contribution in [0.2, 0.25) is 0 Å². The summed E-state index contributed by atoms with van der Waals surface area (Å²) in [5, 5.41) is 0. The Labute approximate surface area is 92.7 Å². The van der Waals surface area contributed by atoms with Gasteiger partial charge in [-0.2, -0.15) is 0 Å². The van der Waals surface area contributed by atoms with Crippen LogP contribution in [0.3, 0.4) is 0 Å². The minimum atomic E-state index is 0.337. The van der Waals surface area contributed by atoms with Gasteiger partial charge in [-0.05, 0) is 42.7 Å². The summed E-state index contributed by atoms with van der Waals surface area (Å²) in [4.78, 5) is 0. The highest BCUT2D eigenvalue weighted by atomic mass is 14.6. The largest absolute Gasteiger partial charge is 0.327 e. The fourth-order valence-corrected chi connectivity index (χ4v) is 2.69. The van der Waals surface area contributed by atoms with Crippen LogP contribution in [0.25, 0.3) is 0 Å². The fraction of sp³-hybridized carbons (Fsp3) is 0.571. The third-order valence-corrected chi connectivity index (χ3v) is 3.65. The second-order valence-corrected chi connectivity index (χ2v) is 4.62. The third kappa shape index (κ3) is 2.23. The number of hydrogen-bond donors (Lipinski definition) is 1. The van der Waals surface area contributed by atoms with Crippen molar-refractivity contribution in [1.82, 2.24) is 0 Å². The Morgan fingerprint density at radius 1 is 1.33 bits per heavy atom. The molecule has 0 fully saturated rings. The molecule has 82 valence electrons. The summed E-state index contributed by atoms with van der Waals surface area (Å²) in [6, 6.07) is 9.19. The van der Waals surface area contributed by atoms with Crippen molar-refractivity contribution in [2.24, 2.45) is 5.73 Å². The van der Waals surface area contributed by atoms with Crippen molar-refractivity contribution in [1.29, 1.82) is 0 Å². The van der Waals surface area contributed by atoms with Gasteiger partial charge in [0.2, 0.25) is 0 Å². The van der Waals surface area contributed by atoms with Crippen molar-refractivity contribution in [3.05, 3.63) is 35.4 Å². The molecule has 0 aliphatic heterocycles. The summed E-state index contributed by atoms with van der Waals surface area (Å²) in [6.45, 7) is 2.19. The van der Waals surface area contributed by atoms with Gasteiger partial charge in [-0.25, -0.2) is 0 Å². The Morgan fingerprint density at radius 3 is 2.93 bits per heavy atom. The lowest BCUT2D eigenvalue weighted by atomic mass is 9.86. The third-order valence-electron chi connectivity index (χ3n) is 3.65. The summed E-state index contributed by atoms with van der Waals surface area (Å²) >= 11 is 0. The second-order valence-electron chi connectivity index (χ2n) is 4.62. The molecule has 0 spiro atoms. The standard InChI is InChI=1S/C14H21N/c1-2-14(15)13-10-6-4-8-11-7-3-5-9-12(11)13/h3,5,7,9,13-14H,2,4,6,8,10,15H2,1H3. The molecule has 1 aliphatic carbocycles. The Morgan fingerprint density at radius 2 is 2.13 bits per heavy atom. The second kappa shape index (κ2) is 4.80. The molecule has 0 bridgehead atoms. The van der Waals surface area contributed by atoms with Gasteiger partial charge in [-0.3, -0.25) is 0 Å². The number of nitrogens with two attached hydrogens (primary N) is 1. The molecule has 2 N–H and O–H groups in total. The number of rotatable bonds is 2. The van der Waals surface area contributed by atoms with E-state index < -0.39 is 0 Å². The monoisotopic (exact) mass is 203 g/mol. The summed E-state index contributed by atoms with van der Waals surface area (Å²) in [5.74, 6) is 0.591. The van der Waals surface area contributed by atoms with Crippen molar-refractivity contribution in [3.63, 3.8) is 0 Å². The van der Waals surface area contributed by atoms with Crippen LogP contribution >= 0.6 is 0 Å². The molecule has 0 saturated heterocycles. The van der Waals surface area contributed by atoms with Gasteiger partial charge in [-0.15, -0.1) is 0 Å². The summed E-state index contributed by atoms with van der Waals surface area (Å²) in [7, 11) is 0. The summed E-state index contributed by atoms with van der Waals surface area (Å²) < 4.78 is 0. The van der Waals surface area contributed by atoms with Gasteiger partial charge in [0.05, 0.1) is 0 Å². The molecule has 1 aromatic carbocycles. The zero-order chi connectivity index (χ0) is 10.7. The average molecular weight is 203 g/mol. The SMILES string of the molecule is CCC(N)C1CCCCc2ccccc21. The van der Waals surface area contributed by atoms with E-state index in [1.54, 1.807) is 0 Å². The number of fused-ring (bicyclic) bond motifs is 1. The highest BCUT2D eigenvalue weighted by Gasteiger charge is 2.22. The van der Waals surface area contributed by atoms with Gasteiger partial charge in [0.1, 0.15) is 0 Å². The predicted molar refractivity (Wildman–Crippen MR) is 65.0 cm³/mol. The predicted octanol–water partition coefficient (Wildman–Crippen LogP) is 3.23. The normalized spacial score (nSPS) is 22.9. The van der Waals surface area contributed by atoms with E-state index in [-0.39, 0.29) is 0 Å². The Balaban J connectivity index is 2.32. The van der Waals surface area contributed by atoms with Crippen LogP contribution in [0.4, 0.5) is 0 Å². The maximum Gasteiger partial charge on any atom is 0.0105 e. The number of benzene rings is 1. The molecule has 1 heteroatoms. The van der Waals surface area contributed by atoms with E-state index in [2.05, 4.69) is 31.2 Å². The van der Waals surface area contributed by atoms with Crippen LogP contribution in [-0.2, 0) is 6.42 Å². The molecule has 15 heavy (non-hydrogen) atoms. The number of aryl methyl sites for hydroxylation is 1. The molecule has 1 aromatic rings. The van der Waals surface area contributed by atoms with E-state index in [0.29, 0.717) is 12.0 Å². The van der Waals surface area contributed by atoms with Crippen LogP contribution < -0.4 is 5.73 Å². The van der Waals surface area contributed by atoms with E-state index in [1.807, 2.05) is 0 Å². The van der Waals surface area contributed by atoms with Gasteiger partial charge in [0.15, 0.2) is 0 Å². The van der Waals surface area contributed by atoms with Crippen molar-refractivity contribution in [2.75, 3.05) is 0 Å². The van der Waals surface area contributed by atoms with Crippen molar-refractivity contribution in [3.8, 4) is 0 Å². The van der Waals surface area contributed by atoms with E-state index >= 15 is 0 Å². The van der Waals surface area contributed by atoms with Crippen molar-refractivity contribution >= 4 is 0 Å². The topological polar surface area (TPSA) is 26.0 Å². The van der Waals surface area contributed by atoms with Crippen molar-refractivity contribution in [2.45, 2.75) is 51.0 Å². The van der Waals surface area contributed by atoms with Gasteiger partial charge in [0, 0.05) is 6.04 Å². The first-order chi connectivity index (χ1) is 7.33. The first kappa shape index (κ1) is 10.7. The Kier molecular flexibility index (Phi) is 3.42. The van der Waals surface area contributed by atoms with E-state index in [0.717, 1.165) is 6.42 Å². The van der Waals surface area contributed by atoms with E-state index in [9.17, 15) is 0 Å². The Bertz CT molecular complexity index is 319. The molecule has 0 amide bonds. The van der Waals surface area contributed by atoms with Crippen LogP contribution in [0.1, 0.15) is 49.7 Å². The molecule has 0 radical (unpaired) electrons. The first-order valence-electron chi connectivity index (χ1n) is 6.16. The van der Waals surface area contributed by atoms with Gasteiger partial charge in [0.25, 0.3) is 0 Å². The zero-order valence-electron chi connectivity index (χ0n) is 9.58. The van der Waals surface area contributed by atoms with Crippen molar-refractivity contribution < 1.29 is 0 Å². The molecule has 1 aliphatic rings. The van der Waals surface area contributed by atoms with E-state index in [4.69, 9.17) is 5.73 Å². The maximum absolute atomic E-state index is 6.23. The highest BCUT2D eigenvalue weighted by Crippen LogP contribution is 2.32. The summed E-state index contributed by atoms with van der Waals surface area (Å²) in [5.41, 5.74) is 9.28.